The first-order valence-corrected chi connectivity index (χ1v) is 11.0. The number of halogens is 4. The molecule has 0 aliphatic rings. The summed E-state index contributed by atoms with van der Waals surface area (Å²) in [6.07, 6.45) is -3.36. The van der Waals surface area contributed by atoms with Gasteiger partial charge in [-0.25, -0.2) is 9.18 Å². The molecule has 0 atom stereocenters. The van der Waals surface area contributed by atoms with Gasteiger partial charge in [-0.05, 0) is 72.9 Å². The van der Waals surface area contributed by atoms with Crippen molar-refractivity contribution in [3.8, 4) is 11.4 Å². The van der Waals surface area contributed by atoms with Gasteiger partial charge in [-0.3, -0.25) is 4.57 Å². The van der Waals surface area contributed by atoms with Crippen molar-refractivity contribution in [2.75, 3.05) is 0 Å². The third kappa shape index (κ3) is 5.45. The summed E-state index contributed by atoms with van der Waals surface area (Å²) >= 11 is 0. The molecule has 1 N–H and O–H groups in total. The standard InChI is InChI=1S/C26H23F4N3O2/c1-17-16-18(6-12-23(17)34)7-13-24-31-33(21-10-8-20(9-11-21)26(28,29)30)25(35)32(24)15-14-19-4-2-3-5-22(19)27/h2-6,8-12,16,34H,7,13-15H2,1H3. The first-order chi connectivity index (χ1) is 16.6. The maximum Gasteiger partial charge on any atom is 0.416 e. The Balaban J connectivity index is 1.66. The molecule has 0 saturated heterocycles. The van der Waals surface area contributed by atoms with Gasteiger partial charge in [0.25, 0.3) is 0 Å². The maximum atomic E-state index is 14.1. The first kappa shape index (κ1) is 24.3. The van der Waals surface area contributed by atoms with Crippen LogP contribution in [0.1, 0.15) is 28.1 Å². The molecule has 0 amide bonds. The Hall–Kier alpha value is -3.88. The molecule has 0 unspecified atom stereocenters. The molecule has 9 heteroatoms. The summed E-state index contributed by atoms with van der Waals surface area (Å²) in [6.45, 7) is 1.94. The number of aryl methyl sites for hydroxylation is 4. The van der Waals surface area contributed by atoms with Crippen LogP contribution < -0.4 is 5.69 Å². The molecule has 3 aromatic carbocycles. The van der Waals surface area contributed by atoms with Crippen LogP contribution in [-0.2, 0) is 32.0 Å². The number of rotatable bonds is 7. The van der Waals surface area contributed by atoms with Gasteiger partial charge in [0.1, 0.15) is 17.4 Å². The Kier molecular flexibility index (Phi) is 6.77. The number of alkyl halides is 3. The molecule has 0 spiro atoms. The van der Waals surface area contributed by atoms with E-state index in [1.807, 2.05) is 6.07 Å². The Morgan fingerprint density at radius 3 is 2.31 bits per heavy atom. The molecule has 5 nitrogen and oxygen atoms in total. The maximum absolute atomic E-state index is 14.1. The molecule has 1 aromatic heterocycles. The Bertz CT molecular complexity index is 1390. The Labute approximate surface area is 198 Å². The normalized spacial score (nSPS) is 11.7. The first-order valence-electron chi connectivity index (χ1n) is 11.0. The fraction of sp³-hybridized carbons (Fsp3) is 0.231. The van der Waals surface area contributed by atoms with Gasteiger partial charge in [-0.2, -0.15) is 17.9 Å². The monoisotopic (exact) mass is 485 g/mol. The number of nitrogens with zero attached hydrogens (tertiary/aromatic N) is 3. The molecule has 0 bridgehead atoms. The van der Waals surface area contributed by atoms with Gasteiger partial charge < -0.3 is 5.11 Å². The third-order valence-corrected chi connectivity index (χ3v) is 5.84. The van der Waals surface area contributed by atoms with Crippen molar-refractivity contribution >= 4 is 0 Å². The molecule has 4 rings (SSSR count). The third-order valence-electron chi connectivity index (χ3n) is 5.84. The van der Waals surface area contributed by atoms with Crippen LogP contribution in [-0.4, -0.2) is 19.5 Å². The summed E-state index contributed by atoms with van der Waals surface area (Å²) in [5.74, 6) is 0.232. The lowest BCUT2D eigenvalue weighted by atomic mass is 10.1. The van der Waals surface area contributed by atoms with E-state index in [-0.39, 0.29) is 30.2 Å². The van der Waals surface area contributed by atoms with Crippen molar-refractivity contribution < 1.29 is 22.7 Å². The quantitative estimate of drug-likeness (QED) is 0.365. The number of hydrogen-bond acceptors (Lipinski definition) is 3. The average molecular weight is 485 g/mol. The predicted octanol–water partition coefficient (Wildman–Crippen LogP) is 5.23. The van der Waals surface area contributed by atoms with E-state index in [1.165, 1.54) is 22.8 Å². The molecule has 0 radical (unpaired) electrons. The number of aromatic nitrogens is 3. The fourth-order valence-corrected chi connectivity index (χ4v) is 3.87. The van der Waals surface area contributed by atoms with Gasteiger partial charge in [0.15, 0.2) is 0 Å². The van der Waals surface area contributed by atoms with Crippen LogP contribution in [0.2, 0.25) is 0 Å². The highest BCUT2D eigenvalue weighted by Crippen LogP contribution is 2.29. The number of phenols is 1. The molecule has 35 heavy (non-hydrogen) atoms. The predicted molar refractivity (Wildman–Crippen MR) is 123 cm³/mol. The molecule has 182 valence electrons. The summed E-state index contributed by atoms with van der Waals surface area (Å²) in [4.78, 5) is 13.2. The van der Waals surface area contributed by atoms with Crippen molar-refractivity contribution in [3.05, 3.63) is 111 Å². The zero-order chi connectivity index (χ0) is 25.2. The zero-order valence-corrected chi connectivity index (χ0v) is 18.9. The molecule has 4 aromatic rings. The summed E-state index contributed by atoms with van der Waals surface area (Å²) in [5.41, 5.74) is 0.956. The van der Waals surface area contributed by atoms with E-state index in [9.17, 15) is 27.5 Å². The number of phenolic OH excluding ortho intramolecular Hbond substituents is 1. The molecule has 0 saturated carbocycles. The van der Waals surface area contributed by atoms with Crippen LogP contribution in [0.25, 0.3) is 5.69 Å². The van der Waals surface area contributed by atoms with Gasteiger partial charge >= 0.3 is 11.9 Å². The Morgan fingerprint density at radius 2 is 1.66 bits per heavy atom. The van der Waals surface area contributed by atoms with Gasteiger partial charge in [0.2, 0.25) is 0 Å². The molecule has 0 aliphatic heterocycles. The van der Waals surface area contributed by atoms with Crippen molar-refractivity contribution in [2.45, 2.75) is 38.9 Å². The number of hydrogen-bond donors (Lipinski definition) is 1. The summed E-state index contributed by atoms with van der Waals surface area (Å²) in [6, 6.07) is 15.7. The Morgan fingerprint density at radius 1 is 0.943 bits per heavy atom. The lowest BCUT2D eigenvalue weighted by Crippen LogP contribution is -2.25. The summed E-state index contributed by atoms with van der Waals surface area (Å²) in [5, 5.41) is 14.2. The molecule has 1 heterocycles. The van der Waals surface area contributed by atoms with E-state index >= 15 is 0 Å². The number of aromatic hydroxyl groups is 1. The largest absolute Gasteiger partial charge is 0.508 e. The minimum Gasteiger partial charge on any atom is -0.508 e. The minimum absolute atomic E-state index is 0.157. The second kappa shape index (κ2) is 9.77. The van der Waals surface area contributed by atoms with E-state index in [2.05, 4.69) is 5.10 Å². The summed E-state index contributed by atoms with van der Waals surface area (Å²) in [7, 11) is 0. The van der Waals surface area contributed by atoms with E-state index in [4.69, 9.17) is 0 Å². The van der Waals surface area contributed by atoms with Gasteiger partial charge in [0, 0.05) is 13.0 Å². The molecular weight excluding hydrogens is 462 g/mol. The minimum atomic E-state index is -4.49. The van der Waals surface area contributed by atoms with E-state index in [1.54, 1.807) is 37.3 Å². The number of benzene rings is 3. The van der Waals surface area contributed by atoms with Crippen molar-refractivity contribution in [3.63, 3.8) is 0 Å². The lowest BCUT2D eigenvalue weighted by molar-refractivity contribution is -0.137. The van der Waals surface area contributed by atoms with Crippen LogP contribution in [0.4, 0.5) is 17.6 Å². The van der Waals surface area contributed by atoms with Gasteiger partial charge in [-0.15, -0.1) is 5.10 Å². The molecule has 0 fully saturated rings. The van der Waals surface area contributed by atoms with E-state index < -0.39 is 17.4 Å². The second-order valence-corrected chi connectivity index (χ2v) is 8.27. The average Bonchev–Trinajstić information content (AvgIpc) is 3.14. The van der Waals surface area contributed by atoms with Gasteiger partial charge in [-0.1, -0.05) is 30.3 Å². The van der Waals surface area contributed by atoms with Crippen molar-refractivity contribution in [1.82, 2.24) is 14.3 Å². The van der Waals surface area contributed by atoms with Crippen LogP contribution in [0, 0.1) is 12.7 Å². The van der Waals surface area contributed by atoms with Crippen LogP contribution >= 0.6 is 0 Å². The highest BCUT2D eigenvalue weighted by molar-refractivity contribution is 5.36. The van der Waals surface area contributed by atoms with Crippen molar-refractivity contribution in [1.29, 1.82) is 0 Å². The highest BCUT2D eigenvalue weighted by atomic mass is 19.4. The smallest absolute Gasteiger partial charge is 0.416 e. The summed E-state index contributed by atoms with van der Waals surface area (Å²) < 4.78 is 55.4. The van der Waals surface area contributed by atoms with Crippen LogP contribution in [0.5, 0.6) is 5.75 Å². The highest BCUT2D eigenvalue weighted by Gasteiger charge is 2.30. The SMILES string of the molecule is Cc1cc(CCc2nn(-c3ccc(C(F)(F)F)cc3)c(=O)n2CCc2ccccc2F)ccc1O. The lowest BCUT2D eigenvalue weighted by Gasteiger charge is -2.08. The second-order valence-electron chi connectivity index (χ2n) is 8.27. The van der Waals surface area contributed by atoms with Crippen LogP contribution in [0.3, 0.4) is 0 Å². The fourth-order valence-electron chi connectivity index (χ4n) is 3.87. The van der Waals surface area contributed by atoms with E-state index in [0.717, 1.165) is 27.9 Å². The topological polar surface area (TPSA) is 60.0 Å². The molecular formula is C26H23F4N3O2. The molecule has 0 aliphatic carbocycles. The van der Waals surface area contributed by atoms with Crippen LogP contribution in [0.15, 0.2) is 71.5 Å². The van der Waals surface area contributed by atoms with E-state index in [0.29, 0.717) is 24.2 Å². The van der Waals surface area contributed by atoms with Gasteiger partial charge in [0.05, 0.1) is 11.3 Å². The zero-order valence-electron chi connectivity index (χ0n) is 18.9. The van der Waals surface area contributed by atoms with Crippen molar-refractivity contribution in [2.24, 2.45) is 0 Å².